The average molecular weight is 439 g/mol. The summed E-state index contributed by atoms with van der Waals surface area (Å²) in [6.07, 6.45) is 7.89. The van der Waals surface area contributed by atoms with Crippen molar-refractivity contribution in [3.63, 3.8) is 0 Å². The molecule has 1 saturated heterocycles. The van der Waals surface area contributed by atoms with E-state index in [2.05, 4.69) is 9.88 Å². The topological polar surface area (TPSA) is 69.3 Å². The summed E-state index contributed by atoms with van der Waals surface area (Å²) in [5.41, 5.74) is 2.00. The molecule has 3 heterocycles. The van der Waals surface area contributed by atoms with Crippen LogP contribution in [-0.4, -0.2) is 38.8 Å². The second-order valence-corrected chi connectivity index (χ2v) is 9.45. The number of H-pyrrole nitrogens is 1. The summed E-state index contributed by atoms with van der Waals surface area (Å²) in [4.78, 5) is 38.1. The number of amides is 1. The lowest BCUT2D eigenvalue weighted by Crippen LogP contribution is -2.39. The predicted octanol–water partition coefficient (Wildman–Crippen LogP) is 3.71. The van der Waals surface area contributed by atoms with Gasteiger partial charge in [-0.25, -0.2) is 9.37 Å². The zero-order chi connectivity index (χ0) is 22.1. The first-order chi connectivity index (χ1) is 15.6. The lowest BCUT2D eigenvalue weighted by molar-refractivity contribution is -0.137. The van der Waals surface area contributed by atoms with E-state index in [1.54, 1.807) is 12.1 Å². The summed E-state index contributed by atoms with van der Waals surface area (Å²) in [6, 6.07) is 6.65. The van der Waals surface area contributed by atoms with Crippen LogP contribution < -0.4 is 5.56 Å². The number of benzene rings is 1. The van der Waals surface area contributed by atoms with Crippen molar-refractivity contribution in [1.29, 1.82) is 0 Å². The van der Waals surface area contributed by atoms with E-state index in [1.807, 2.05) is 11.0 Å². The highest BCUT2D eigenvalue weighted by Gasteiger charge is 2.36. The summed E-state index contributed by atoms with van der Waals surface area (Å²) >= 11 is 0. The van der Waals surface area contributed by atoms with Crippen molar-refractivity contribution < 1.29 is 9.18 Å². The van der Waals surface area contributed by atoms with Gasteiger partial charge in [-0.2, -0.15) is 0 Å². The Morgan fingerprint density at radius 3 is 2.72 bits per heavy atom. The molecule has 1 amide bonds. The monoisotopic (exact) mass is 438 g/mol. The van der Waals surface area contributed by atoms with Gasteiger partial charge in [-0.3, -0.25) is 14.5 Å². The Kier molecular flexibility index (Phi) is 6.09. The van der Waals surface area contributed by atoms with E-state index in [4.69, 9.17) is 4.98 Å². The van der Waals surface area contributed by atoms with Crippen LogP contribution in [0.2, 0.25) is 0 Å². The van der Waals surface area contributed by atoms with Crippen LogP contribution in [0, 0.1) is 11.7 Å². The van der Waals surface area contributed by atoms with Gasteiger partial charge in [-0.05, 0) is 31.7 Å². The van der Waals surface area contributed by atoms with Crippen LogP contribution in [0.4, 0.5) is 4.39 Å². The third-order valence-corrected chi connectivity index (χ3v) is 7.32. The Morgan fingerprint density at radius 1 is 1.09 bits per heavy atom. The van der Waals surface area contributed by atoms with E-state index >= 15 is 0 Å². The number of aromatic amines is 1. The molecule has 2 aromatic rings. The molecular weight excluding hydrogens is 407 g/mol. The molecule has 0 bridgehead atoms. The lowest BCUT2D eigenvalue weighted by Gasteiger charge is -2.31. The number of carbonyl (C=O) groups excluding carboxylic acids is 1. The summed E-state index contributed by atoms with van der Waals surface area (Å²) in [5, 5.41) is 0. The summed E-state index contributed by atoms with van der Waals surface area (Å²) < 4.78 is 14.0. The van der Waals surface area contributed by atoms with Crippen LogP contribution in [0.5, 0.6) is 0 Å². The van der Waals surface area contributed by atoms with Crippen LogP contribution in [0.15, 0.2) is 29.1 Å². The molecule has 2 fully saturated rings. The normalized spacial score (nSPS) is 22.2. The van der Waals surface area contributed by atoms with E-state index < -0.39 is 0 Å². The minimum absolute atomic E-state index is 0.125. The fraction of sp³-hybridized carbons (Fsp3) is 0.560. The SMILES string of the molecule is O=C(C1CCCCC1)N1CCCC1c1nc2c(c(=O)[nH]1)CN(Cc1ccccc1F)CC2. The maximum Gasteiger partial charge on any atom is 0.255 e. The number of likely N-dealkylation sites (tertiary alicyclic amines) is 1. The minimum atomic E-state index is -0.218. The molecule has 1 atom stereocenters. The predicted molar refractivity (Wildman–Crippen MR) is 119 cm³/mol. The Bertz CT molecular complexity index is 1050. The molecule has 1 aliphatic carbocycles. The van der Waals surface area contributed by atoms with Gasteiger partial charge < -0.3 is 9.88 Å². The Morgan fingerprint density at radius 2 is 1.91 bits per heavy atom. The molecule has 170 valence electrons. The summed E-state index contributed by atoms with van der Waals surface area (Å²) in [6.45, 7) is 2.41. The fourth-order valence-corrected chi connectivity index (χ4v) is 5.56. The van der Waals surface area contributed by atoms with Gasteiger partial charge in [0, 0.05) is 44.1 Å². The van der Waals surface area contributed by atoms with E-state index in [9.17, 15) is 14.0 Å². The van der Waals surface area contributed by atoms with Crippen molar-refractivity contribution in [2.45, 2.75) is 70.5 Å². The largest absolute Gasteiger partial charge is 0.332 e. The molecule has 0 radical (unpaired) electrons. The smallest absolute Gasteiger partial charge is 0.255 e. The van der Waals surface area contributed by atoms with Gasteiger partial charge >= 0.3 is 0 Å². The van der Waals surface area contributed by atoms with Crippen LogP contribution in [0.3, 0.4) is 0 Å². The highest BCUT2D eigenvalue weighted by Crippen LogP contribution is 2.34. The van der Waals surface area contributed by atoms with Crippen molar-refractivity contribution in [3.8, 4) is 0 Å². The molecule has 1 unspecified atom stereocenters. The second-order valence-electron chi connectivity index (χ2n) is 9.45. The van der Waals surface area contributed by atoms with E-state index in [0.717, 1.165) is 57.3 Å². The molecule has 1 saturated carbocycles. The zero-order valence-electron chi connectivity index (χ0n) is 18.5. The van der Waals surface area contributed by atoms with Crippen LogP contribution >= 0.6 is 0 Å². The Labute approximate surface area is 187 Å². The van der Waals surface area contributed by atoms with Gasteiger partial charge in [0.15, 0.2) is 0 Å². The quantitative estimate of drug-likeness (QED) is 0.790. The van der Waals surface area contributed by atoms with Gasteiger partial charge in [0.1, 0.15) is 11.6 Å². The molecule has 0 spiro atoms. The van der Waals surface area contributed by atoms with Crippen LogP contribution in [0.25, 0.3) is 0 Å². The third-order valence-electron chi connectivity index (χ3n) is 7.32. The number of rotatable bonds is 4. The average Bonchev–Trinajstić information content (AvgIpc) is 3.31. The van der Waals surface area contributed by atoms with E-state index in [1.165, 1.54) is 12.5 Å². The number of aromatic nitrogens is 2. The van der Waals surface area contributed by atoms with Crippen molar-refractivity contribution in [1.82, 2.24) is 19.8 Å². The van der Waals surface area contributed by atoms with E-state index in [-0.39, 0.29) is 29.2 Å². The maximum absolute atomic E-state index is 14.0. The highest BCUT2D eigenvalue weighted by atomic mass is 19.1. The molecular formula is C25H31FN4O2. The Balaban J connectivity index is 1.33. The van der Waals surface area contributed by atoms with Gasteiger partial charge in [0.2, 0.25) is 5.91 Å². The van der Waals surface area contributed by atoms with Crippen molar-refractivity contribution in [2.24, 2.45) is 5.92 Å². The molecule has 1 N–H and O–H groups in total. The van der Waals surface area contributed by atoms with Crippen molar-refractivity contribution >= 4 is 5.91 Å². The number of nitrogens with one attached hydrogen (secondary N) is 1. The van der Waals surface area contributed by atoms with Gasteiger partial charge in [0.05, 0.1) is 17.3 Å². The van der Waals surface area contributed by atoms with Crippen LogP contribution in [-0.2, 0) is 24.3 Å². The number of carbonyl (C=O) groups is 1. The number of hydrogen-bond acceptors (Lipinski definition) is 4. The van der Waals surface area contributed by atoms with Gasteiger partial charge in [0.25, 0.3) is 5.56 Å². The molecule has 1 aromatic carbocycles. The first kappa shape index (κ1) is 21.3. The van der Waals surface area contributed by atoms with Crippen molar-refractivity contribution in [3.05, 3.63) is 63.1 Å². The number of hydrogen-bond donors (Lipinski definition) is 1. The maximum atomic E-state index is 14.0. The standard InChI is InChI=1S/C25H31FN4O2/c26-20-10-5-4-9-18(20)15-29-14-12-21-19(16-29)24(31)28-23(27-21)22-11-6-13-30(22)25(32)17-7-2-1-3-8-17/h4-5,9-10,17,22H,1-3,6-8,11-16H2,(H,27,28,31). The molecule has 7 heteroatoms. The zero-order valence-corrected chi connectivity index (χ0v) is 18.5. The number of nitrogens with zero attached hydrogens (tertiary/aromatic N) is 3. The summed E-state index contributed by atoms with van der Waals surface area (Å²) in [5.74, 6) is 0.784. The molecule has 2 aliphatic heterocycles. The minimum Gasteiger partial charge on any atom is -0.332 e. The number of halogens is 1. The first-order valence-corrected chi connectivity index (χ1v) is 12.0. The first-order valence-electron chi connectivity index (χ1n) is 12.0. The molecule has 5 rings (SSSR count). The Hall–Kier alpha value is -2.54. The molecule has 6 nitrogen and oxygen atoms in total. The third kappa shape index (κ3) is 4.22. The van der Waals surface area contributed by atoms with Crippen molar-refractivity contribution in [2.75, 3.05) is 13.1 Å². The fourth-order valence-electron chi connectivity index (χ4n) is 5.56. The molecule has 32 heavy (non-hydrogen) atoms. The van der Waals surface area contributed by atoms with E-state index in [0.29, 0.717) is 36.5 Å². The lowest BCUT2D eigenvalue weighted by atomic mass is 9.88. The van der Waals surface area contributed by atoms with Crippen LogP contribution in [0.1, 0.15) is 73.6 Å². The van der Waals surface area contributed by atoms with Gasteiger partial charge in [-0.1, -0.05) is 37.5 Å². The summed E-state index contributed by atoms with van der Waals surface area (Å²) in [7, 11) is 0. The number of fused-ring (bicyclic) bond motifs is 1. The second kappa shape index (κ2) is 9.14. The molecule has 1 aromatic heterocycles. The van der Waals surface area contributed by atoms with Gasteiger partial charge in [-0.15, -0.1) is 0 Å². The molecule has 3 aliphatic rings. The highest BCUT2D eigenvalue weighted by molar-refractivity contribution is 5.79.